The fourth-order valence-corrected chi connectivity index (χ4v) is 3.61. The van der Waals surface area contributed by atoms with E-state index in [2.05, 4.69) is 10.3 Å². The smallest absolute Gasteiger partial charge is 0.389 e. The van der Waals surface area contributed by atoms with E-state index >= 15 is 0 Å². The molecule has 1 aromatic heterocycles. The van der Waals surface area contributed by atoms with Gasteiger partial charge in [-0.05, 0) is 43.9 Å². The number of rotatable bonds is 8. The van der Waals surface area contributed by atoms with Crippen molar-refractivity contribution in [2.45, 2.75) is 51.4 Å². The zero-order chi connectivity index (χ0) is 22.8. The Kier molecular flexibility index (Phi) is 6.56. The number of aromatic nitrogens is 1. The number of alkyl halides is 3. The Morgan fingerprint density at radius 3 is 2.74 bits per heavy atom. The number of primary amides is 1. The average Bonchev–Trinajstić information content (AvgIpc) is 2.98. The van der Waals surface area contributed by atoms with Crippen LogP contribution in [0.3, 0.4) is 0 Å². The molecule has 0 aliphatic carbocycles. The highest BCUT2D eigenvalue weighted by molar-refractivity contribution is 6.01. The topological polar surface area (TPSA) is 104 Å². The van der Waals surface area contributed by atoms with Gasteiger partial charge in [0, 0.05) is 30.0 Å². The molecule has 0 unspecified atom stereocenters. The Morgan fingerprint density at radius 1 is 1.35 bits per heavy atom. The zero-order valence-corrected chi connectivity index (χ0v) is 17.2. The highest BCUT2D eigenvalue weighted by Gasteiger charge is 2.40. The van der Waals surface area contributed by atoms with Gasteiger partial charge < -0.3 is 20.5 Å². The van der Waals surface area contributed by atoms with Crippen molar-refractivity contribution in [2.24, 2.45) is 11.7 Å². The third-order valence-corrected chi connectivity index (χ3v) is 4.93. The maximum absolute atomic E-state index is 12.6. The van der Waals surface area contributed by atoms with E-state index in [1.807, 2.05) is 13.8 Å². The van der Waals surface area contributed by atoms with Crippen molar-refractivity contribution >= 4 is 22.6 Å². The van der Waals surface area contributed by atoms with Crippen LogP contribution in [-0.4, -0.2) is 41.7 Å². The Labute approximate surface area is 177 Å². The monoisotopic (exact) mass is 439 g/mol. The first kappa shape index (κ1) is 22.6. The van der Waals surface area contributed by atoms with Gasteiger partial charge in [0.2, 0.25) is 11.8 Å². The van der Waals surface area contributed by atoms with Crippen LogP contribution in [0.4, 0.5) is 13.2 Å². The lowest BCUT2D eigenvalue weighted by Crippen LogP contribution is -2.28. The van der Waals surface area contributed by atoms with Gasteiger partial charge in [-0.1, -0.05) is 0 Å². The number of benzene rings is 1. The number of carbonyl (C=O) groups is 2. The molecule has 7 nitrogen and oxygen atoms in total. The summed E-state index contributed by atoms with van der Waals surface area (Å²) in [5.41, 5.74) is 5.70. The van der Waals surface area contributed by atoms with E-state index in [4.69, 9.17) is 15.2 Å². The summed E-state index contributed by atoms with van der Waals surface area (Å²) in [5.74, 6) is -1.67. The van der Waals surface area contributed by atoms with Gasteiger partial charge in [0.25, 0.3) is 5.91 Å². The van der Waals surface area contributed by atoms with E-state index in [0.717, 1.165) is 0 Å². The first-order chi connectivity index (χ1) is 14.5. The molecule has 0 radical (unpaired) electrons. The molecular weight excluding hydrogens is 415 g/mol. The summed E-state index contributed by atoms with van der Waals surface area (Å²) in [5, 5.41) is 3.87. The molecule has 2 aromatic rings. The molecule has 31 heavy (non-hydrogen) atoms. The minimum atomic E-state index is -4.38. The first-order valence-electron chi connectivity index (χ1n) is 9.92. The lowest BCUT2D eigenvalue weighted by atomic mass is 10.00. The molecule has 0 bridgehead atoms. The van der Waals surface area contributed by atoms with Crippen LogP contribution in [-0.2, 0) is 4.79 Å². The second kappa shape index (κ2) is 8.99. The quantitative estimate of drug-likeness (QED) is 0.657. The molecule has 3 rings (SSSR count). The molecule has 10 heteroatoms. The summed E-state index contributed by atoms with van der Waals surface area (Å²) in [4.78, 5) is 27.8. The van der Waals surface area contributed by atoms with E-state index in [0.29, 0.717) is 28.8 Å². The highest BCUT2D eigenvalue weighted by Crippen LogP contribution is 2.33. The largest absolute Gasteiger partial charge is 0.490 e. The van der Waals surface area contributed by atoms with Crippen LogP contribution < -0.4 is 20.5 Å². The number of pyridine rings is 1. The third kappa shape index (κ3) is 5.77. The fraction of sp³-hybridized carbons (Fsp3) is 0.476. The second-order valence-electron chi connectivity index (χ2n) is 7.81. The van der Waals surface area contributed by atoms with Gasteiger partial charge in [-0.15, -0.1) is 0 Å². The summed E-state index contributed by atoms with van der Waals surface area (Å²) >= 11 is 0. The van der Waals surface area contributed by atoms with E-state index < -0.39 is 36.4 Å². The van der Waals surface area contributed by atoms with Gasteiger partial charge in [0.15, 0.2) is 0 Å². The molecule has 1 saturated heterocycles. The van der Waals surface area contributed by atoms with Crippen LogP contribution in [0, 0.1) is 5.92 Å². The highest BCUT2D eigenvalue weighted by atomic mass is 19.4. The van der Waals surface area contributed by atoms with Crippen molar-refractivity contribution in [1.29, 1.82) is 0 Å². The van der Waals surface area contributed by atoms with Crippen LogP contribution in [0.2, 0.25) is 0 Å². The predicted octanol–water partition coefficient (Wildman–Crippen LogP) is 3.35. The van der Waals surface area contributed by atoms with Crippen LogP contribution in [0.25, 0.3) is 10.8 Å². The Bertz CT molecular complexity index is 978. The summed E-state index contributed by atoms with van der Waals surface area (Å²) in [6, 6.07) is 4.54. The van der Waals surface area contributed by atoms with E-state index in [1.54, 1.807) is 18.2 Å². The number of hydrogen-bond acceptors (Lipinski definition) is 5. The molecule has 2 atom stereocenters. The fourth-order valence-electron chi connectivity index (χ4n) is 3.61. The molecule has 2 heterocycles. The lowest BCUT2D eigenvalue weighted by Gasteiger charge is -2.16. The number of ether oxygens (including phenoxy) is 2. The van der Waals surface area contributed by atoms with Crippen LogP contribution in [0.5, 0.6) is 11.6 Å². The molecule has 3 N–H and O–H groups in total. The summed E-state index contributed by atoms with van der Waals surface area (Å²) < 4.78 is 49.2. The number of fused-ring (bicyclic) bond motifs is 1. The molecule has 2 amide bonds. The van der Waals surface area contributed by atoms with Crippen molar-refractivity contribution in [3.63, 3.8) is 0 Å². The van der Waals surface area contributed by atoms with Gasteiger partial charge in [-0.25, -0.2) is 4.98 Å². The maximum atomic E-state index is 12.6. The number of amides is 2. The molecule has 0 saturated carbocycles. The Hall–Kier alpha value is -3.04. The van der Waals surface area contributed by atoms with Gasteiger partial charge in [0.05, 0.1) is 24.7 Å². The number of nitrogens with zero attached hydrogens (tertiary/aromatic N) is 1. The third-order valence-electron chi connectivity index (χ3n) is 4.93. The van der Waals surface area contributed by atoms with Gasteiger partial charge in [-0.2, -0.15) is 13.2 Å². The number of hydrogen-bond donors (Lipinski definition) is 2. The van der Waals surface area contributed by atoms with E-state index in [-0.39, 0.29) is 24.7 Å². The Morgan fingerprint density at radius 2 is 2.10 bits per heavy atom. The summed E-state index contributed by atoms with van der Waals surface area (Å²) in [6.45, 7) is 3.78. The molecule has 1 aliphatic rings. The van der Waals surface area contributed by atoms with Gasteiger partial charge >= 0.3 is 6.18 Å². The van der Waals surface area contributed by atoms with Crippen molar-refractivity contribution < 1.29 is 32.2 Å². The standard InChI is InChI=1S/C21H24F3N3O4/c1-11(2)31-17-9-15-12(8-16(17)18(25)28)3-5-26-20(15)30-6-4-14-7-13(19(29)27-14)10-21(22,23)24/h3,5,8-9,11,13-14H,4,6-7,10H2,1-2H3,(H2,25,28)(H,27,29)/t13-,14+/m0/s1. The molecule has 1 fully saturated rings. The normalized spacial score (nSPS) is 19.0. The molecular formula is C21H24F3N3O4. The maximum Gasteiger partial charge on any atom is 0.389 e. The second-order valence-corrected chi connectivity index (χ2v) is 7.81. The number of carbonyl (C=O) groups excluding carboxylic acids is 2. The van der Waals surface area contributed by atoms with Crippen molar-refractivity contribution in [3.8, 4) is 11.6 Å². The predicted molar refractivity (Wildman–Crippen MR) is 107 cm³/mol. The minimum Gasteiger partial charge on any atom is -0.490 e. The minimum absolute atomic E-state index is 0.110. The van der Waals surface area contributed by atoms with Crippen LogP contribution >= 0.6 is 0 Å². The Balaban J connectivity index is 1.71. The first-order valence-corrected chi connectivity index (χ1v) is 9.92. The molecule has 1 aromatic carbocycles. The van der Waals surface area contributed by atoms with Crippen LogP contribution in [0.1, 0.15) is 43.5 Å². The van der Waals surface area contributed by atoms with E-state index in [9.17, 15) is 22.8 Å². The summed E-state index contributed by atoms with van der Waals surface area (Å²) in [7, 11) is 0. The summed E-state index contributed by atoms with van der Waals surface area (Å²) in [6.07, 6.45) is -3.72. The van der Waals surface area contributed by atoms with Crippen molar-refractivity contribution in [2.75, 3.05) is 6.61 Å². The molecule has 168 valence electrons. The number of nitrogens with two attached hydrogens (primary N) is 1. The van der Waals surface area contributed by atoms with E-state index in [1.165, 1.54) is 6.20 Å². The zero-order valence-electron chi connectivity index (χ0n) is 17.2. The lowest BCUT2D eigenvalue weighted by molar-refractivity contribution is -0.151. The number of nitrogens with one attached hydrogen (secondary N) is 1. The van der Waals surface area contributed by atoms with Gasteiger partial charge in [-0.3, -0.25) is 9.59 Å². The van der Waals surface area contributed by atoms with Crippen molar-refractivity contribution in [3.05, 3.63) is 30.0 Å². The van der Waals surface area contributed by atoms with Crippen LogP contribution in [0.15, 0.2) is 24.4 Å². The average molecular weight is 439 g/mol. The number of halogens is 3. The van der Waals surface area contributed by atoms with Gasteiger partial charge in [0.1, 0.15) is 5.75 Å². The SMILES string of the molecule is CC(C)Oc1cc2c(OCC[C@@H]3C[C@@H](CC(F)(F)F)C(=O)N3)nccc2cc1C(N)=O. The molecule has 1 aliphatic heterocycles. The van der Waals surface area contributed by atoms with Crippen molar-refractivity contribution in [1.82, 2.24) is 10.3 Å². The molecule has 0 spiro atoms.